The van der Waals surface area contributed by atoms with Gasteiger partial charge in [0.1, 0.15) is 12.9 Å². The quantitative estimate of drug-likeness (QED) is 0.850. The van der Waals surface area contributed by atoms with Crippen LogP contribution in [-0.2, 0) is 17.8 Å². The Hall–Kier alpha value is -2.24. The summed E-state index contributed by atoms with van der Waals surface area (Å²) in [7, 11) is 0. The number of hydrogen-bond donors (Lipinski definition) is 1. The molecule has 0 spiro atoms. The van der Waals surface area contributed by atoms with E-state index in [2.05, 4.69) is 33.0 Å². The summed E-state index contributed by atoms with van der Waals surface area (Å²) >= 11 is 0. The monoisotopic (exact) mass is 243 g/mol. The summed E-state index contributed by atoms with van der Waals surface area (Å²) in [5.41, 5.74) is 2.55. The number of aryl methyl sites for hydroxylation is 1. The van der Waals surface area contributed by atoms with Crippen LogP contribution in [0.25, 0.3) is 0 Å². The van der Waals surface area contributed by atoms with Gasteiger partial charge in [-0.05, 0) is 34.4 Å². The lowest BCUT2D eigenvalue weighted by Gasteiger charge is -2.13. The van der Waals surface area contributed by atoms with Gasteiger partial charge in [0.05, 0.1) is 6.04 Å². The van der Waals surface area contributed by atoms with Crippen LogP contribution < -0.4 is 5.32 Å². The molecule has 1 atom stereocenters. The lowest BCUT2D eigenvalue weighted by molar-refractivity contribution is -0.122. The zero-order valence-corrected chi connectivity index (χ0v) is 9.78. The second-order valence-electron chi connectivity index (χ2n) is 4.36. The fourth-order valence-corrected chi connectivity index (χ4v) is 2.35. The van der Waals surface area contributed by atoms with Gasteiger partial charge in [-0.1, -0.05) is 24.3 Å². The minimum absolute atomic E-state index is 0.0657. The van der Waals surface area contributed by atoms with Crippen LogP contribution in [0.3, 0.4) is 0 Å². The first-order chi connectivity index (χ1) is 8.83. The molecule has 6 heteroatoms. The van der Waals surface area contributed by atoms with Gasteiger partial charge in [0.2, 0.25) is 5.91 Å². The molecule has 1 amide bonds. The summed E-state index contributed by atoms with van der Waals surface area (Å²) in [6.45, 7) is 0.158. The summed E-state index contributed by atoms with van der Waals surface area (Å²) in [6, 6.07) is 8.34. The standard InChI is InChI=1S/C12H13N5O/c18-12(7-17-8-13-15-16-17)14-11-6-5-9-3-1-2-4-10(9)11/h1-4,8,11H,5-7H2,(H,14,18). The van der Waals surface area contributed by atoms with Gasteiger partial charge in [0.15, 0.2) is 0 Å². The van der Waals surface area contributed by atoms with Crippen LogP contribution in [0.1, 0.15) is 23.6 Å². The number of carbonyl (C=O) groups is 1. The van der Waals surface area contributed by atoms with Crippen molar-refractivity contribution < 1.29 is 4.79 Å². The molecule has 0 radical (unpaired) electrons. The maximum atomic E-state index is 11.8. The average molecular weight is 243 g/mol. The highest BCUT2D eigenvalue weighted by atomic mass is 16.2. The third-order valence-electron chi connectivity index (χ3n) is 3.17. The largest absolute Gasteiger partial charge is 0.348 e. The molecule has 1 aliphatic carbocycles. The highest BCUT2D eigenvalue weighted by molar-refractivity contribution is 5.76. The maximum absolute atomic E-state index is 11.8. The fourth-order valence-electron chi connectivity index (χ4n) is 2.35. The van der Waals surface area contributed by atoms with Crippen molar-refractivity contribution in [1.82, 2.24) is 25.5 Å². The molecular formula is C12H13N5O. The molecule has 0 aliphatic heterocycles. The highest BCUT2D eigenvalue weighted by Crippen LogP contribution is 2.30. The Balaban J connectivity index is 1.66. The number of aromatic nitrogens is 4. The molecule has 2 aromatic rings. The van der Waals surface area contributed by atoms with E-state index in [-0.39, 0.29) is 18.5 Å². The molecule has 1 aromatic heterocycles. The number of benzene rings is 1. The Kier molecular flexibility index (Phi) is 2.76. The van der Waals surface area contributed by atoms with E-state index in [0.717, 1.165) is 12.8 Å². The number of rotatable bonds is 3. The third-order valence-corrected chi connectivity index (χ3v) is 3.17. The minimum atomic E-state index is -0.0657. The van der Waals surface area contributed by atoms with Crippen LogP contribution in [0.5, 0.6) is 0 Å². The molecule has 92 valence electrons. The van der Waals surface area contributed by atoms with E-state index in [1.54, 1.807) is 0 Å². The fraction of sp³-hybridized carbons (Fsp3) is 0.333. The van der Waals surface area contributed by atoms with E-state index < -0.39 is 0 Å². The van der Waals surface area contributed by atoms with Crippen molar-refractivity contribution in [2.24, 2.45) is 0 Å². The van der Waals surface area contributed by atoms with E-state index in [1.165, 1.54) is 22.1 Å². The van der Waals surface area contributed by atoms with Gasteiger partial charge < -0.3 is 5.32 Å². The molecule has 6 nitrogen and oxygen atoms in total. The number of fused-ring (bicyclic) bond motifs is 1. The van der Waals surface area contributed by atoms with E-state index >= 15 is 0 Å². The lowest BCUT2D eigenvalue weighted by atomic mass is 10.1. The van der Waals surface area contributed by atoms with E-state index in [1.807, 2.05) is 12.1 Å². The predicted molar refractivity (Wildman–Crippen MR) is 63.5 cm³/mol. The van der Waals surface area contributed by atoms with E-state index in [0.29, 0.717) is 0 Å². The Morgan fingerprint density at radius 2 is 2.33 bits per heavy atom. The SMILES string of the molecule is O=C(Cn1cnnn1)NC1CCc2ccccc21. The molecule has 18 heavy (non-hydrogen) atoms. The number of carbonyl (C=O) groups excluding carboxylic acids is 1. The van der Waals surface area contributed by atoms with Gasteiger partial charge in [-0.3, -0.25) is 4.79 Å². The maximum Gasteiger partial charge on any atom is 0.242 e. The first-order valence-corrected chi connectivity index (χ1v) is 5.91. The molecule has 1 unspecified atom stereocenters. The van der Waals surface area contributed by atoms with Gasteiger partial charge >= 0.3 is 0 Å². The molecule has 3 rings (SSSR count). The number of tetrazole rings is 1. The number of amides is 1. The first-order valence-electron chi connectivity index (χ1n) is 5.91. The van der Waals surface area contributed by atoms with Crippen LogP contribution >= 0.6 is 0 Å². The Labute approximate surface area is 104 Å². The van der Waals surface area contributed by atoms with Crippen molar-refractivity contribution in [2.45, 2.75) is 25.4 Å². The molecule has 0 fully saturated rings. The molecule has 1 N–H and O–H groups in total. The molecule has 0 saturated carbocycles. The molecule has 0 bridgehead atoms. The van der Waals surface area contributed by atoms with Crippen molar-refractivity contribution in [2.75, 3.05) is 0 Å². The number of hydrogen-bond acceptors (Lipinski definition) is 4. The number of nitrogens with one attached hydrogen (secondary N) is 1. The van der Waals surface area contributed by atoms with Crippen molar-refractivity contribution >= 4 is 5.91 Å². The van der Waals surface area contributed by atoms with Gasteiger partial charge in [0.25, 0.3) is 0 Å². The third kappa shape index (κ3) is 2.09. The first kappa shape index (κ1) is 10.9. The van der Waals surface area contributed by atoms with Crippen molar-refractivity contribution in [1.29, 1.82) is 0 Å². The zero-order chi connectivity index (χ0) is 12.4. The summed E-state index contributed by atoms with van der Waals surface area (Å²) in [5.74, 6) is -0.0657. The van der Waals surface area contributed by atoms with Gasteiger partial charge in [0, 0.05) is 0 Å². The van der Waals surface area contributed by atoms with Crippen molar-refractivity contribution in [3.8, 4) is 0 Å². The molecule has 0 saturated heterocycles. The lowest BCUT2D eigenvalue weighted by Crippen LogP contribution is -2.30. The summed E-state index contributed by atoms with van der Waals surface area (Å²) in [5, 5.41) is 13.7. The molecule has 1 aliphatic rings. The normalized spacial score (nSPS) is 17.4. The summed E-state index contributed by atoms with van der Waals surface area (Å²) in [4.78, 5) is 11.8. The second kappa shape index (κ2) is 4.56. The van der Waals surface area contributed by atoms with Crippen LogP contribution in [0.4, 0.5) is 0 Å². The minimum Gasteiger partial charge on any atom is -0.348 e. The number of nitrogens with zero attached hydrogens (tertiary/aromatic N) is 4. The van der Waals surface area contributed by atoms with Crippen molar-refractivity contribution in [3.63, 3.8) is 0 Å². The van der Waals surface area contributed by atoms with E-state index in [4.69, 9.17) is 0 Å². The highest BCUT2D eigenvalue weighted by Gasteiger charge is 2.23. The Morgan fingerprint density at radius 3 is 3.17 bits per heavy atom. The average Bonchev–Trinajstić information content (AvgIpc) is 3.00. The van der Waals surface area contributed by atoms with Crippen LogP contribution in [-0.4, -0.2) is 26.1 Å². The van der Waals surface area contributed by atoms with Crippen LogP contribution in [0.2, 0.25) is 0 Å². The molecule has 1 heterocycles. The van der Waals surface area contributed by atoms with E-state index in [9.17, 15) is 4.79 Å². The van der Waals surface area contributed by atoms with Gasteiger partial charge in [-0.15, -0.1) is 5.10 Å². The van der Waals surface area contributed by atoms with Gasteiger partial charge in [-0.2, -0.15) is 0 Å². The second-order valence-corrected chi connectivity index (χ2v) is 4.36. The topological polar surface area (TPSA) is 72.7 Å². The molecular weight excluding hydrogens is 230 g/mol. The molecule has 1 aromatic carbocycles. The smallest absolute Gasteiger partial charge is 0.242 e. The van der Waals surface area contributed by atoms with Crippen molar-refractivity contribution in [3.05, 3.63) is 41.7 Å². The Bertz CT molecular complexity index is 551. The van der Waals surface area contributed by atoms with Crippen LogP contribution in [0.15, 0.2) is 30.6 Å². The van der Waals surface area contributed by atoms with Crippen LogP contribution in [0, 0.1) is 0 Å². The summed E-state index contributed by atoms with van der Waals surface area (Å²) < 4.78 is 1.41. The van der Waals surface area contributed by atoms with Gasteiger partial charge in [-0.25, -0.2) is 4.68 Å². The Morgan fingerprint density at radius 1 is 1.44 bits per heavy atom. The predicted octanol–water partition coefficient (Wildman–Crippen LogP) is 0.477. The zero-order valence-electron chi connectivity index (χ0n) is 9.78. The summed E-state index contributed by atoms with van der Waals surface area (Å²) in [6.07, 6.45) is 3.41.